The maximum Gasteiger partial charge on any atom is 0.317 e. The van der Waals surface area contributed by atoms with E-state index < -0.39 is 5.97 Å². The first-order valence-corrected chi connectivity index (χ1v) is 5.57. The van der Waals surface area contributed by atoms with Crippen molar-refractivity contribution in [1.82, 2.24) is 4.90 Å². The number of hydrogen-bond acceptors (Lipinski definition) is 3. The first-order valence-electron chi connectivity index (χ1n) is 4.52. The minimum absolute atomic E-state index is 0.121. The minimum Gasteiger partial charge on any atom is -0.480 e. The van der Waals surface area contributed by atoms with Crippen molar-refractivity contribution < 1.29 is 9.90 Å². The lowest BCUT2D eigenvalue weighted by molar-refractivity contribution is -0.138. The third kappa shape index (κ3) is 5.16. The maximum atomic E-state index is 10.5. The van der Waals surface area contributed by atoms with Gasteiger partial charge in [0.2, 0.25) is 0 Å². The molecule has 0 aromatic carbocycles. The van der Waals surface area contributed by atoms with Gasteiger partial charge in [-0.1, -0.05) is 20.8 Å². The summed E-state index contributed by atoms with van der Waals surface area (Å²) in [4.78, 5) is 12.4. The van der Waals surface area contributed by atoms with Gasteiger partial charge in [-0.3, -0.25) is 9.69 Å². The van der Waals surface area contributed by atoms with Gasteiger partial charge in [0.1, 0.15) is 0 Å². The van der Waals surface area contributed by atoms with Crippen molar-refractivity contribution in [1.29, 1.82) is 0 Å². The van der Waals surface area contributed by atoms with Crippen molar-refractivity contribution in [2.24, 2.45) is 5.92 Å². The molecule has 0 amide bonds. The molecule has 0 radical (unpaired) electrons. The van der Waals surface area contributed by atoms with Crippen LogP contribution in [0.4, 0.5) is 0 Å². The van der Waals surface area contributed by atoms with E-state index in [1.165, 1.54) is 0 Å². The second-order valence-corrected chi connectivity index (χ2v) is 4.79. The van der Waals surface area contributed by atoms with Gasteiger partial charge in [-0.05, 0) is 18.7 Å². The van der Waals surface area contributed by atoms with E-state index in [0.717, 1.165) is 5.75 Å². The van der Waals surface area contributed by atoms with Crippen LogP contribution in [-0.4, -0.2) is 40.7 Å². The normalized spacial score (nSPS) is 13.7. The second-order valence-electron chi connectivity index (χ2n) is 3.40. The van der Waals surface area contributed by atoms with Crippen LogP contribution < -0.4 is 0 Å². The minimum atomic E-state index is -0.759. The molecule has 0 fully saturated rings. The second kappa shape index (κ2) is 6.27. The average Bonchev–Trinajstić information content (AvgIpc) is 1.97. The van der Waals surface area contributed by atoms with Crippen LogP contribution >= 0.6 is 11.8 Å². The van der Waals surface area contributed by atoms with E-state index in [1.807, 2.05) is 11.9 Å². The molecule has 0 rings (SSSR count). The molecule has 0 aromatic rings. The summed E-state index contributed by atoms with van der Waals surface area (Å²) < 4.78 is 0. The third-order valence-electron chi connectivity index (χ3n) is 1.73. The highest BCUT2D eigenvalue weighted by atomic mass is 32.2. The van der Waals surface area contributed by atoms with Crippen molar-refractivity contribution in [2.45, 2.75) is 26.1 Å². The Labute approximate surface area is 84.5 Å². The van der Waals surface area contributed by atoms with Crippen LogP contribution in [0.1, 0.15) is 20.8 Å². The maximum absolute atomic E-state index is 10.5. The smallest absolute Gasteiger partial charge is 0.317 e. The fourth-order valence-electron chi connectivity index (χ4n) is 1.30. The van der Waals surface area contributed by atoms with Crippen LogP contribution in [0.2, 0.25) is 0 Å². The number of nitrogens with zero attached hydrogens (tertiary/aromatic N) is 1. The van der Waals surface area contributed by atoms with Crippen molar-refractivity contribution in [2.75, 3.05) is 19.3 Å². The van der Waals surface area contributed by atoms with E-state index >= 15 is 0 Å². The van der Waals surface area contributed by atoms with Crippen LogP contribution in [-0.2, 0) is 4.79 Å². The van der Waals surface area contributed by atoms with Gasteiger partial charge in [0.15, 0.2) is 0 Å². The van der Waals surface area contributed by atoms with Gasteiger partial charge >= 0.3 is 5.97 Å². The Morgan fingerprint density at radius 2 is 2.08 bits per heavy atom. The van der Waals surface area contributed by atoms with Gasteiger partial charge in [0.25, 0.3) is 0 Å². The molecule has 78 valence electrons. The molecule has 0 saturated carbocycles. The summed E-state index contributed by atoms with van der Waals surface area (Å²) in [5.74, 6) is 0.742. The molecule has 3 nitrogen and oxygen atoms in total. The van der Waals surface area contributed by atoms with Gasteiger partial charge in [-0.15, -0.1) is 11.8 Å². The number of rotatable bonds is 6. The van der Waals surface area contributed by atoms with E-state index in [0.29, 0.717) is 11.3 Å². The summed E-state index contributed by atoms with van der Waals surface area (Å²) in [6.07, 6.45) is 0. The molecule has 0 saturated heterocycles. The zero-order valence-corrected chi connectivity index (χ0v) is 9.60. The van der Waals surface area contributed by atoms with E-state index in [9.17, 15) is 4.79 Å². The molecule has 0 unspecified atom stereocenters. The average molecular weight is 205 g/mol. The molecule has 4 heteroatoms. The standard InChI is InChI=1S/C9H19NO2S/c1-5-13-9(7(2)3)10(4)6-8(11)12/h7,9H,5-6H2,1-4H3,(H,11,12)/t9-/m1/s1. The molecule has 0 aromatic heterocycles. The topological polar surface area (TPSA) is 40.5 Å². The largest absolute Gasteiger partial charge is 0.480 e. The number of carboxylic acid groups (broad SMARTS) is 1. The van der Waals surface area contributed by atoms with E-state index in [-0.39, 0.29) is 6.54 Å². The third-order valence-corrected chi connectivity index (χ3v) is 3.31. The van der Waals surface area contributed by atoms with Crippen LogP contribution in [0.3, 0.4) is 0 Å². The quantitative estimate of drug-likeness (QED) is 0.671. The molecule has 13 heavy (non-hydrogen) atoms. The highest BCUT2D eigenvalue weighted by Gasteiger charge is 2.19. The molecule has 0 aliphatic rings. The van der Waals surface area contributed by atoms with Crippen LogP contribution in [0.25, 0.3) is 0 Å². The van der Waals surface area contributed by atoms with Gasteiger partial charge in [0, 0.05) is 0 Å². The van der Waals surface area contributed by atoms with Crippen molar-refractivity contribution in [3.63, 3.8) is 0 Å². The number of likely N-dealkylation sites (N-methyl/N-ethyl adjacent to an activating group) is 1. The molecule has 0 heterocycles. The lowest BCUT2D eigenvalue weighted by atomic mass is 10.2. The molecule has 0 bridgehead atoms. The number of hydrogen-bond donors (Lipinski definition) is 1. The van der Waals surface area contributed by atoms with Crippen molar-refractivity contribution in [3.05, 3.63) is 0 Å². The number of carboxylic acids is 1. The Morgan fingerprint density at radius 3 is 2.38 bits per heavy atom. The summed E-state index contributed by atoms with van der Waals surface area (Å²) in [6, 6.07) is 0. The molecule has 1 atom stereocenters. The number of carbonyl (C=O) groups is 1. The Morgan fingerprint density at radius 1 is 1.54 bits per heavy atom. The first-order chi connectivity index (χ1) is 5.99. The predicted molar refractivity (Wildman–Crippen MR) is 57.0 cm³/mol. The summed E-state index contributed by atoms with van der Waals surface area (Å²) >= 11 is 1.80. The van der Waals surface area contributed by atoms with Crippen LogP contribution in [0.5, 0.6) is 0 Å². The molecular formula is C9H19NO2S. The summed E-state index contributed by atoms with van der Waals surface area (Å²) in [5.41, 5.74) is 0. The van der Waals surface area contributed by atoms with Gasteiger partial charge in [-0.25, -0.2) is 0 Å². The zero-order valence-electron chi connectivity index (χ0n) is 8.78. The number of thioether (sulfide) groups is 1. The van der Waals surface area contributed by atoms with Crippen molar-refractivity contribution in [3.8, 4) is 0 Å². The van der Waals surface area contributed by atoms with Crippen LogP contribution in [0.15, 0.2) is 0 Å². The van der Waals surface area contributed by atoms with Gasteiger partial charge < -0.3 is 5.11 Å². The predicted octanol–water partition coefficient (Wildman–Crippen LogP) is 1.74. The molecular weight excluding hydrogens is 186 g/mol. The Bertz CT molecular complexity index is 162. The lowest BCUT2D eigenvalue weighted by Crippen LogP contribution is -2.37. The van der Waals surface area contributed by atoms with Gasteiger partial charge in [-0.2, -0.15) is 0 Å². The first kappa shape index (κ1) is 12.8. The fraction of sp³-hybridized carbons (Fsp3) is 0.889. The Hall–Kier alpha value is -0.220. The zero-order chi connectivity index (χ0) is 10.4. The highest BCUT2D eigenvalue weighted by Crippen LogP contribution is 2.21. The molecule has 0 aliphatic carbocycles. The molecule has 0 aliphatic heterocycles. The van der Waals surface area contributed by atoms with E-state index in [4.69, 9.17) is 5.11 Å². The van der Waals surface area contributed by atoms with E-state index in [1.54, 1.807) is 11.8 Å². The summed E-state index contributed by atoms with van der Waals surface area (Å²) in [7, 11) is 1.86. The highest BCUT2D eigenvalue weighted by molar-refractivity contribution is 7.99. The lowest BCUT2D eigenvalue weighted by Gasteiger charge is -2.28. The Kier molecular flexibility index (Phi) is 6.16. The summed E-state index contributed by atoms with van der Waals surface area (Å²) in [6.45, 7) is 6.45. The van der Waals surface area contributed by atoms with Gasteiger partial charge in [0.05, 0.1) is 11.9 Å². The summed E-state index contributed by atoms with van der Waals surface area (Å²) in [5, 5.41) is 8.94. The fourth-order valence-corrected chi connectivity index (χ4v) is 2.36. The monoisotopic (exact) mass is 205 g/mol. The van der Waals surface area contributed by atoms with Crippen molar-refractivity contribution >= 4 is 17.7 Å². The van der Waals surface area contributed by atoms with Crippen LogP contribution in [0, 0.1) is 5.92 Å². The van der Waals surface area contributed by atoms with E-state index in [2.05, 4.69) is 20.8 Å². The Balaban J connectivity index is 4.10. The SMILES string of the molecule is CCS[C@H](C(C)C)N(C)CC(=O)O. The molecule has 1 N–H and O–H groups in total. The molecule has 0 spiro atoms. The number of aliphatic carboxylic acids is 1.